The summed E-state index contributed by atoms with van der Waals surface area (Å²) in [4.78, 5) is 13.4. The summed E-state index contributed by atoms with van der Waals surface area (Å²) in [6, 6.07) is 7.59. The van der Waals surface area contributed by atoms with Crippen molar-refractivity contribution in [3.8, 4) is 23.0 Å². The first-order valence-corrected chi connectivity index (χ1v) is 14.1. The molecule has 42 heavy (non-hydrogen) atoms. The summed E-state index contributed by atoms with van der Waals surface area (Å²) in [5.41, 5.74) is 3.23. The van der Waals surface area contributed by atoms with Gasteiger partial charge in [-0.25, -0.2) is 0 Å². The molecule has 4 aliphatic heterocycles. The van der Waals surface area contributed by atoms with Gasteiger partial charge in [-0.3, -0.25) is 4.79 Å². The summed E-state index contributed by atoms with van der Waals surface area (Å²) in [5.74, 6) is 0.405. The van der Waals surface area contributed by atoms with E-state index in [1.165, 1.54) is 0 Å². The topological polar surface area (TPSA) is 141 Å². The zero-order valence-corrected chi connectivity index (χ0v) is 23.7. The Hall–Kier alpha value is -3.13. The summed E-state index contributed by atoms with van der Waals surface area (Å²) in [5, 5.41) is 22.0. The molecular formula is C30H34O12. The van der Waals surface area contributed by atoms with Crippen molar-refractivity contribution in [2.45, 2.75) is 62.9 Å². The van der Waals surface area contributed by atoms with E-state index in [1.807, 2.05) is 31.2 Å². The van der Waals surface area contributed by atoms with Crippen LogP contribution in [0.5, 0.6) is 23.0 Å². The van der Waals surface area contributed by atoms with Crippen molar-refractivity contribution in [3.63, 3.8) is 0 Å². The Balaban J connectivity index is 1.31. The lowest BCUT2D eigenvalue weighted by Crippen LogP contribution is -2.63. The Labute approximate surface area is 242 Å². The molecule has 4 heterocycles. The zero-order chi connectivity index (χ0) is 29.3. The Kier molecular flexibility index (Phi) is 6.95. The fourth-order valence-electron chi connectivity index (χ4n) is 7.00. The molecule has 3 fully saturated rings. The van der Waals surface area contributed by atoms with Gasteiger partial charge in [0.2, 0.25) is 6.79 Å². The molecule has 0 bridgehead atoms. The van der Waals surface area contributed by atoms with Crippen LogP contribution in [0.15, 0.2) is 24.3 Å². The van der Waals surface area contributed by atoms with Gasteiger partial charge in [-0.1, -0.05) is 6.07 Å². The molecule has 6 unspecified atom stereocenters. The normalized spacial score (nSPS) is 36.5. The van der Waals surface area contributed by atoms with E-state index >= 15 is 0 Å². The average molecular weight is 587 g/mol. The van der Waals surface area contributed by atoms with Crippen LogP contribution >= 0.6 is 0 Å². The van der Waals surface area contributed by atoms with E-state index in [2.05, 4.69) is 0 Å². The highest BCUT2D eigenvalue weighted by Crippen LogP contribution is 2.56. The highest BCUT2D eigenvalue weighted by Gasteiger charge is 2.56. The van der Waals surface area contributed by atoms with Crippen LogP contribution in [0, 0.1) is 18.8 Å². The van der Waals surface area contributed by atoms with Crippen LogP contribution in [-0.4, -0.2) is 87.4 Å². The van der Waals surface area contributed by atoms with Gasteiger partial charge in [-0.2, -0.15) is 0 Å². The molecule has 7 rings (SSSR count). The third kappa shape index (κ3) is 4.31. The largest absolute Gasteiger partial charge is 0.493 e. The van der Waals surface area contributed by atoms with Crippen LogP contribution in [0.2, 0.25) is 0 Å². The summed E-state index contributed by atoms with van der Waals surface area (Å²) in [6.45, 7) is 3.98. The molecule has 2 aromatic rings. The summed E-state index contributed by atoms with van der Waals surface area (Å²) >= 11 is 0. The van der Waals surface area contributed by atoms with E-state index < -0.39 is 60.9 Å². The number of ether oxygens (including phenoxy) is 9. The van der Waals surface area contributed by atoms with Gasteiger partial charge in [0.05, 0.1) is 39.5 Å². The highest BCUT2D eigenvalue weighted by atomic mass is 16.8. The van der Waals surface area contributed by atoms with Crippen molar-refractivity contribution in [2.75, 3.05) is 34.2 Å². The molecule has 0 spiro atoms. The minimum atomic E-state index is -1.41. The lowest BCUT2D eigenvalue weighted by atomic mass is 9.66. The maximum Gasteiger partial charge on any atom is 0.310 e. The second kappa shape index (κ2) is 10.5. The minimum absolute atomic E-state index is 0.0664. The van der Waals surface area contributed by atoms with Gasteiger partial charge in [0, 0.05) is 11.8 Å². The Morgan fingerprint density at radius 3 is 2.40 bits per heavy atom. The molecule has 3 saturated heterocycles. The fourth-order valence-corrected chi connectivity index (χ4v) is 7.00. The monoisotopic (exact) mass is 586 g/mol. The van der Waals surface area contributed by atoms with Gasteiger partial charge in [0.1, 0.15) is 24.4 Å². The van der Waals surface area contributed by atoms with Crippen molar-refractivity contribution in [2.24, 2.45) is 11.8 Å². The maximum absolute atomic E-state index is 13.4. The van der Waals surface area contributed by atoms with E-state index in [0.717, 1.165) is 22.3 Å². The summed E-state index contributed by atoms with van der Waals surface area (Å²) in [6.07, 6.45) is -6.58. The fraction of sp³-hybridized carbons (Fsp3) is 0.567. The molecule has 0 aromatic heterocycles. The van der Waals surface area contributed by atoms with Crippen molar-refractivity contribution in [1.29, 1.82) is 0 Å². The molecule has 226 valence electrons. The van der Waals surface area contributed by atoms with Crippen LogP contribution in [0.3, 0.4) is 0 Å². The number of cyclic esters (lactones) is 1. The van der Waals surface area contributed by atoms with Crippen molar-refractivity contribution >= 4 is 5.97 Å². The first-order valence-electron chi connectivity index (χ1n) is 14.1. The number of esters is 1. The molecular weight excluding hydrogens is 552 g/mol. The molecule has 10 atom stereocenters. The molecule has 1 aliphatic carbocycles. The Morgan fingerprint density at radius 2 is 1.67 bits per heavy atom. The maximum atomic E-state index is 13.4. The number of aliphatic hydroxyl groups is 2. The van der Waals surface area contributed by atoms with E-state index in [-0.39, 0.29) is 26.0 Å². The van der Waals surface area contributed by atoms with Gasteiger partial charge in [0.15, 0.2) is 35.6 Å². The molecule has 0 radical (unpaired) electrons. The standard InChI is InChI=1S/C30H34O12/c1-12-5-14(6-20(34-3)26(12)35-4)22-15-7-18-19(39-11-38-18)8-16(15)27(17-9-37-29(33)23(17)22)42-30-25(32)24(31)28-21(41-30)10-36-13(2)40-28/h5-8,13,17,21-25,27-28,30-32H,9-11H2,1-4H3/t13?,17-,21?,22+,23-,24?,25?,27+,28?,30?/m0/s1. The van der Waals surface area contributed by atoms with Gasteiger partial charge < -0.3 is 52.8 Å². The third-order valence-electron chi connectivity index (χ3n) is 8.93. The SMILES string of the molecule is COc1cc([C@@H]2c3cc4c(cc3[C@@H](OC3OC5COC(C)OC5C(O)C3O)[C@H]3COC(=O)[C@H]23)OCO4)cc(C)c1OC. The van der Waals surface area contributed by atoms with Gasteiger partial charge in [0.25, 0.3) is 0 Å². The average Bonchev–Trinajstić information content (AvgIpc) is 3.60. The predicted octanol–water partition coefficient (Wildman–Crippen LogP) is 1.94. The number of aryl methyl sites for hydroxylation is 1. The predicted molar refractivity (Wildman–Crippen MR) is 141 cm³/mol. The number of methoxy groups -OCH3 is 2. The first-order chi connectivity index (χ1) is 20.3. The molecule has 2 N–H and O–H groups in total. The van der Waals surface area contributed by atoms with Crippen molar-refractivity contribution < 1.29 is 57.6 Å². The number of aliphatic hydroxyl groups excluding tert-OH is 2. The van der Waals surface area contributed by atoms with E-state index in [1.54, 1.807) is 21.1 Å². The van der Waals surface area contributed by atoms with Crippen molar-refractivity contribution in [3.05, 3.63) is 46.5 Å². The first kappa shape index (κ1) is 27.7. The minimum Gasteiger partial charge on any atom is -0.493 e. The number of carbonyl (C=O) groups excluding carboxylic acids is 1. The lowest BCUT2D eigenvalue weighted by molar-refractivity contribution is -0.364. The van der Waals surface area contributed by atoms with Crippen LogP contribution < -0.4 is 18.9 Å². The molecule has 5 aliphatic rings. The summed E-state index contributed by atoms with van der Waals surface area (Å²) < 4.78 is 52.1. The molecule has 12 heteroatoms. The Morgan fingerprint density at radius 1 is 0.905 bits per heavy atom. The second-order valence-corrected chi connectivity index (χ2v) is 11.3. The van der Waals surface area contributed by atoms with E-state index in [0.29, 0.717) is 23.0 Å². The smallest absolute Gasteiger partial charge is 0.310 e. The van der Waals surface area contributed by atoms with Gasteiger partial charge in [-0.15, -0.1) is 0 Å². The number of hydrogen-bond acceptors (Lipinski definition) is 12. The lowest BCUT2D eigenvalue weighted by Gasteiger charge is -2.47. The third-order valence-corrected chi connectivity index (χ3v) is 8.93. The molecule has 0 amide bonds. The highest BCUT2D eigenvalue weighted by molar-refractivity contribution is 5.79. The summed E-state index contributed by atoms with van der Waals surface area (Å²) in [7, 11) is 3.16. The van der Waals surface area contributed by atoms with Crippen LogP contribution in [0.1, 0.15) is 41.2 Å². The van der Waals surface area contributed by atoms with Crippen LogP contribution in [-0.2, 0) is 28.5 Å². The Bertz CT molecular complexity index is 1380. The van der Waals surface area contributed by atoms with Gasteiger partial charge in [-0.05, 0) is 54.3 Å². The van der Waals surface area contributed by atoms with E-state index in [9.17, 15) is 15.0 Å². The number of hydrogen-bond donors (Lipinski definition) is 2. The van der Waals surface area contributed by atoms with Crippen molar-refractivity contribution in [1.82, 2.24) is 0 Å². The zero-order valence-electron chi connectivity index (χ0n) is 23.7. The van der Waals surface area contributed by atoms with E-state index in [4.69, 9.17) is 42.6 Å². The number of fused-ring (bicyclic) bond motifs is 4. The molecule has 2 aromatic carbocycles. The number of carbonyl (C=O) groups is 1. The number of benzene rings is 2. The molecule has 12 nitrogen and oxygen atoms in total. The number of rotatable bonds is 5. The molecule has 0 saturated carbocycles. The van der Waals surface area contributed by atoms with Gasteiger partial charge >= 0.3 is 5.97 Å². The van der Waals surface area contributed by atoms with Crippen LogP contribution in [0.25, 0.3) is 0 Å². The quantitative estimate of drug-likeness (QED) is 0.495. The van der Waals surface area contributed by atoms with Crippen LogP contribution in [0.4, 0.5) is 0 Å². The second-order valence-electron chi connectivity index (χ2n) is 11.3.